The molecule has 5 nitrogen and oxygen atoms in total. The lowest BCUT2D eigenvalue weighted by Gasteiger charge is -2.31. The van der Waals surface area contributed by atoms with Gasteiger partial charge < -0.3 is 15.3 Å². The molecule has 2 heterocycles. The summed E-state index contributed by atoms with van der Waals surface area (Å²) in [5, 5.41) is 13.5. The number of hydrogen-bond donors (Lipinski definition) is 2. The fraction of sp³-hybridized carbons (Fsp3) is 0.474. The van der Waals surface area contributed by atoms with Gasteiger partial charge in [-0.2, -0.15) is 0 Å². The van der Waals surface area contributed by atoms with E-state index in [0.717, 1.165) is 30.3 Å². The molecule has 24 heavy (non-hydrogen) atoms. The molecular weight excluding hydrogens is 300 g/mol. The maximum absolute atomic E-state index is 10.3. The highest BCUT2D eigenvalue weighted by atomic mass is 16.3. The van der Waals surface area contributed by atoms with Crippen LogP contribution in [-0.2, 0) is 0 Å². The number of benzene rings is 1. The molecule has 1 aliphatic heterocycles. The topological polar surface area (TPSA) is 61.3 Å². The van der Waals surface area contributed by atoms with E-state index in [-0.39, 0.29) is 0 Å². The summed E-state index contributed by atoms with van der Waals surface area (Å²) in [6, 6.07) is 9.98. The summed E-state index contributed by atoms with van der Waals surface area (Å²) < 4.78 is 0. The Morgan fingerprint density at radius 1 is 1.21 bits per heavy atom. The quantitative estimate of drug-likeness (QED) is 0.854. The summed E-state index contributed by atoms with van der Waals surface area (Å²) in [5.74, 6) is 1.51. The molecule has 0 radical (unpaired) electrons. The first-order valence-electron chi connectivity index (χ1n) is 8.72. The number of hydrogen-bond acceptors (Lipinski definition) is 5. The summed E-state index contributed by atoms with van der Waals surface area (Å²) >= 11 is 0. The first-order valence-corrected chi connectivity index (χ1v) is 8.72. The molecule has 0 saturated carbocycles. The maximum Gasteiger partial charge on any atom is 0.145 e. The number of anilines is 1. The monoisotopic (exact) mass is 326 g/mol. The first-order chi connectivity index (χ1) is 11.7. The van der Waals surface area contributed by atoms with Gasteiger partial charge in [0.15, 0.2) is 0 Å². The van der Waals surface area contributed by atoms with Crippen LogP contribution in [0, 0.1) is 5.92 Å². The van der Waals surface area contributed by atoms with Crippen molar-refractivity contribution in [2.24, 2.45) is 5.92 Å². The van der Waals surface area contributed by atoms with Gasteiger partial charge in [0.2, 0.25) is 0 Å². The molecule has 0 spiro atoms. The van der Waals surface area contributed by atoms with E-state index in [2.05, 4.69) is 27.1 Å². The van der Waals surface area contributed by atoms with E-state index in [1.807, 2.05) is 30.3 Å². The van der Waals surface area contributed by atoms with E-state index in [9.17, 15) is 5.11 Å². The van der Waals surface area contributed by atoms with Gasteiger partial charge in [-0.1, -0.05) is 37.3 Å². The number of nitrogens with zero attached hydrogens (tertiary/aromatic N) is 3. The number of β-amino-alcohol motifs (C(OH)–C–C–N with tert-alkyl or cyclic N) is 1. The van der Waals surface area contributed by atoms with Crippen LogP contribution in [0.3, 0.4) is 0 Å². The molecule has 1 aromatic heterocycles. The first kappa shape index (κ1) is 16.9. The predicted octanol–water partition coefficient (Wildman–Crippen LogP) is 2.65. The zero-order valence-corrected chi connectivity index (χ0v) is 14.2. The summed E-state index contributed by atoms with van der Waals surface area (Å²) in [5.41, 5.74) is 1.87. The van der Waals surface area contributed by atoms with Gasteiger partial charge in [-0.15, -0.1) is 0 Å². The predicted molar refractivity (Wildman–Crippen MR) is 96.8 cm³/mol. The molecule has 1 saturated heterocycles. The summed E-state index contributed by atoms with van der Waals surface area (Å²) in [7, 11) is 0. The SMILES string of the molecule is CC1CCN(CC(O)CNc2cncc(-c3ccccc3)n2)CC1. The third-order valence-electron chi connectivity index (χ3n) is 4.57. The van der Waals surface area contributed by atoms with Gasteiger partial charge in [0, 0.05) is 18.7 Å². The minimum atomic E-state index is -0.402. The van der Waals surface area contributed by atoms with Crippen LogP contribution in [0.2, 0.25) is 0 Å². The van der Waals surface area contributed by atoms with Gasteiger partial charge in [-0.3, -0.25) is 4.98 Å². The number of likely N-dealkylation sites (tertiary alicyclic amines) is 1. The molecule has 1 aliphatic rings. The van der Waals surface area contributed by atoms with E-state index in [4.69, 9.17) is 0 Å². The van der Waals surface area contributed by atoms with Crippen LogP contribution >= 0.6 is 0 Å². The number of aromatic nitrogens is 2. The molecule has 2 aromatic rings. The minimum absolute atomic E-state index is 0.402. The Morgan fingerprint density at radius 2 is 1.96 bits per heavy atom. The highest BCUT2D eigenvalue weighted by molar-refractivity contribution is 5.59. The largest absolute Gasteiger partial charge is 0.390 e. The van der Waals surface area contributed by atoms with Crippen molar-refractivity contribution < 1.29 is 5.11 Å². The molecule has 128 valence electrons. The van der Waals surface area contributed by atoms with Gasteiger partial charge >= 0.3 is 0 Å². The van der Waals surface area contributed by atoms with Crippen molar-refractivity contribution in [3.05, 3.63) is 42.7 Å². The van der Waals surface area contributed by atoms with E-state index >= 15 is 0 Å². The normalized spacial score (nSPS) is 17.6. The number of nitrogens with one attached hydrogen (secondary N) is 1. The van der Waals surface area contributed by atoms with E-state index in [1.54, 1.807) is 12.4 Å². The van der Waals surface area contributed by atoms with Crippen LogP contribution < -0.4 is 5.32 Å². The molecule has 0 aliphatic carbocycles. The minimum Gasteiger partial charge on any atom is -0.390 e. The zero-order valence-electron chi connectivity index (χ0n) is 14.2. The second kappa shape index (κ2) is 8.22. The molecule has 5 heteroatoms. The Morgan fingerprint density at radius 3 is 2.71 bits per heavy atom. The number of piperidine rings is 1. The van der Waals surface area contributed by atoms with Crippen LogP contribution in [0.25, 0.3) is 11.3 Å². The molecule has 2 N–H and O–H groups in total. The van der Waals surface area contributed by atoms with Gasteiger partial charge in [-0.05, 0) is 31.8 Å². The van der Waals surface area contributed by atoms with Crippen molar-refractivity contribution in [1.82, 2.24) is 14.9 Å². The Balaban J connectivity index is 1.51. The molecule has 3 rings (SSSR count). The molecule has 1 aromatic carbocycles. The second-order valence-electron chi connectivity index (χ2n) is 6.67. The fourth-order valence-corrected chi connectivity index (χ4v) is 3.03. The standard InChI is InChI=1S/C19H26N4O/c1-15-7-9-23(10-8-15)14-17(24)11-21-19-13-20-12-18(22-19)16-5-3-2-4-6-16/h2-6,12-13,15,17,24H,7-11,14H2,1H3,(H,21,22). The fourth-order valence-electron chi connectivity index (χ4n) is 3.03. The smallest absolute Gasteiger partial charge is 0.145 e. The van der Waals surface area contributed by atoms with E-state index < -0.39 is 6.10 Å². The molecule has 1 fully saturated rings. The summed E-state index contributed by atoms with van der Waals surface area (Å²) in [6.07, 6.45) is 5.50. The van der Waals surface area contributed by atoms with E-state index in [1.165, 1.54) is 12.8 Å². The van der Waals surface area contributed by atoms with Gasteiger partial charge in [0.25, 0.3) is 0 Å². The number of rotatable bonds is 6. The van der Waals surface area contributed by atoms with Crippen molar-refractivity contribution >= 4 is 5.82 Å². The van der Waals surface area contributed by atoms with Crippen molar-refractivity contribution in [2.45, 2.75) is 25.9 Å². The van der Waals surface area contributed by atoms with Crippen molar-refractivity contribution in [1.29, 1.82) is 0 Å². The molecule has 0 amide bonds. The lowest BCUT2D eigenvalue weighted by atomic mass is 9.99. The molecule has 1 atom stereocenters. The van der Waals surface area contributed by atoms with Crippen LogP contribution in [0.15, 0.2) is 42.7 Å². The molecule has 0 bridgehead atoms. The maximum atomic E-state index is 10.3. The lowest BCUT2D eigenvalue weighted by Crippen LogP contribution is -2.40. The summed E-state index contributed by atoms with van der Waals surface area (Å²) in [6.45, 7) is 5.67. The van der Waals surface area contributed by atoms with Crippen molar-refractivity contribution in [2.75, 3.05) is 31.5 Å². The Hall–Kier alpha value is -1.98. The Labute approximate surface area is 143 Å². The lowest BCUT2D eigenvalue weighted by molar-refractivity contribution is 0.0989. The van der Waals surface area contributed by atoms with Crippen LogP contribution in [0.4, 0.5) is 5.82 Å². The van der Waals surface area contributed by atoms with Crippen LogP contribution in [0.1, 0.15) is 19.8 Å². The molecule has 1 unspecified atom stereocenters. The second-order valence-corrected chi connectivity index (χ2v) is 6.67. The third-order valence-corrected chi connectivity index (χ3v) is 4.57. The highest BCUT2D eigenvalue weighted by Gasteiger charge is 2.18. The average Bonchev–Trinajstić information content (AvgIpc) is 2.63. The third kappa shape index (κ3) is 4.76. The number of aliphatic hydroxyl groups excluding tert-OH is 1. The van der Waals surface area contributed by atoms with Gasteiger partial charge in [0.1, 0.15) is 5.82 Å². The van der Waals surface area contributed by atoms with E-state index in [0.29, 0.717) is 18.9 Å². The highest BCUT2D eigenvalue weighted by Crippen LogP contribution is 2.17. The average molecular weight is 326 g/mol. The summed E-state index contributed by atoms with van der Waals surface area (Å²) in [4.78, 5) is 11.2. The Kier molecular flexibility index (Phi) is 5.77. The molecular formula is C19H26N4O. The van der Waals surface area contributed by atoms with Gasteiger partial charge in [-0.25, -0.2) is 4.98 Å². The van der Waals surface area contributed by atoms with Gasteiger partial charge in [0.05, 0.1) is 24.2 Å². The van der Waals surface area contributed by atoms with Crippen LogP contribution in [0.5, 0.6) is 0 Å². The zero-order chi connectivity index (χ0) is 16.8. The van der Waals surface area contributed by atoms with Crippen LogP contribution in [-0.4, -0.2) is 52.3 Å². The number of aliphatic hydroxyl groups is 1. The van der Waals surface area contributed by atoms with Crippen molar-refractivity contribution in [3.8, 4) is 11.3 Å². The van der Waals surface area contributed by atoms with Crippen molar-refractivity contribution in [3.63, 3.8) is 0 Å². The Bertz CT molecular complexity index is 626.